The van der Waals surface area contributed by atoms with Crippen LogP contribution in [0.5, 0.6) is 5.75 Å². The van der Waals surface area contributed by atoms with Gasteiger partial charge < -0.3 is 19.1 Å². The summed E-state index contributed by atoms with van der Waals surface area (Å²) in [4.78, 5) is 16.2. The first kappa shape index (κ1) is 16.7. The number of aromatic nitrogens is 2. The van der Waals surface area contributed by atoms with Crippen molar-refractivity contribution in [1.82, 2.24) is 10.1 Å². The summed E-state index contributed by atoms with van der Waals surface area (Å²) >= 11 is 0. The Hall–Kier alpha value is -3.19. The number of methoxy groups -OCH3 is 1. The van der Waals surface area contributed by atoms with Gasteiger partial charge in [0.15, 0.2) is 6.61 Å². The molecule has 0 atom stereocenters. The quantitative estimate of drug-likeness (QED) is 0.689. The molecule has 0 radical (unpaired) electrons. The summed E-state index contributed by atoms with van der Waals surface area (Å²) in [7, 11) is 1.56. The van der Waals surface area contributed by atoms with E-state index in [0.717, 1.165) is 5.56 Å². The average Bonchev–Trinajstić information content (AvgIpc) is 3.15. The van der Waals surface area contributed by atoms with Crippen molar-refractivity contribution >= 4 is 5.97 Å². The maximum atomic E-state index is 12.0. The van der Waals surface area contributed by atoms with Crippen LogP contribution in [0.1, 0.15) is 21.8 Å². The van der Waals surface area contributed by atoms with Crippen molar-refractivity contribution in [3.8, 4) is 17.1 Å². The van der Waals surface area contributed by atoms with Crippen molar-refractivity contribution in [3.63, 3.8) is 0 Å². The molecule has 128 valence electrons. The number of benzene rings is 2. The van der Waals surface area contributed by atoms with Crippen LogP contribution in [0.15, 0.2) is 53.1 Å². The zero-order valence-electron chi connectivity index (χ0n) is 13.5. The van der Waals surface area contributed by atoms with Crippen LogP contribution >= 0.6 is 0 Å². The molecule has 0 bridgehead atoms. The monoisotopic (exact) mass is 340 g/mol. The van der Waals surface area contributed by atoms with E-state index in [4.69, 9.17) is 19.1 Å². The molecule has 0 saturated heterocycles. The molecule has 0 amide bonds. The van der Waals surface area contributed by atoms with Crippen LogP contribution in [0.3, 0.4) is 0 Å². The lowest BCUT2D eigenvalue weighted by Gasteiger charge is -2.03. The lowest BCUT2D eigenvalue weighted by Crippen LogP contribution is -2.05. The molecule has 7 heteroatoms. The van der Waals surface area contributed by atoms with E-state index >= 15 is 0 Å². The number of aliphatic hydroxyl groups is 1. The second kappa shape index (κ2) is 7.59. The van der Waals surface area contributed by atoms with Gasteiger partial charge in [0, 0.05) is 0 Å². The van der Waals surface area contributed by atoms with Gasteiger partial charge in [-0.1, -0.05) is 29.4 Å². The van der Waals surface area contributed by atoms with Gasteiger partial charge in [-0.25, -0.2) is 4.79 Å². The van der Waals surface area contributed by atoms with Gasteiger partial charge >= 0.3 is 5.97 Å². The third-order valence-electron chi connectivity index (χ3n) is 3.51. The maximum absolute atomic E-state index is 12.0. The van der Waals surface area contributed by atoms with Gasteiger partial charge in [-0.3, -0.25) is 0 Å². The third kappa shape index (κ3) is 3.84. The predicted octanol–water partition coefficient (Wildman–Crippen LogP) is 2.59. The molecule has 1 N–H and O–H groups in total. The highest BCUT2D eigenvalue weighted by molar-refractivity contribution is 5.89. The molecule has 0 unspecified atom stereocenters. The molecule has 3 aromatic rings. The molecule has 3 rings (SSSR count). The van der Waals surface area contributed by atoms with Crippen LogP contribution in [0.4, 0.5) is 0 Å². The summed E-state index contributed by atoms with van der Waals surface area (Å²) in [6.07, 6.45) is 0. The minimum Gasteiger partial charge on any atom is -0.496 e. The second-order valence-electron chi connectivity index (χ2n) is 5.14. The molecule has 1 aromatic heterocycles. The van der Waals surface area contributed by atoms with E-state index < -0.39 is 5.97 Å². The summed E-state index contributed by atoms with van der Waals surface area (Å²) in [6.45, 7) is -0.216. The number of nitrogens with zero attached hydrogens (tertiary/aromatic N) is 2. The fourth-order valence-electron chi connectivity index (χ4n) is 2.21. The largest absolute Gasteiger partial charge is 0.496 e. The average molecular weight is 340 g/mol. The first-order chi connectivity index (χ1) is 12.2. The number of carbonyl (C=O) groups is 1. The number of carbonyl (C=O) groups excluding carboxylic acids is 1. The van der Waals surface area contributed by atoms with Crippen LogP contribution in [0, 0.1) is 0 Å². The van der Waals surface area contributed by atoms with Gasteiger partial charge in [-0.05, 0) is 29.8 Å². The van der Waals surface area contributed by atoms with Gasteiger partial charge in [-0.2, -0.15) is 4.98 Å². The Morgan fingerprint density at radius 2 is 1.92 bits per heavy atom. The molecule has 0 aliphatic carbocycles. The first-order valence-corrected chi connectivity index (χ1v) is 7.54. The molecule has 0 aliphatic rings. The van der Waals surface area contributed by atoms with Gasteiger partial charge in [0.25, 0.3) is 5.89 Å². The molecule has 0 spiro atoms. The smallest absolute Gasteiger partial charge is 0.338 e. The highest BCUT2D eigenvalue weighted by atomic mass is 16.6. The van der Waals surface area contributed by atoms with Crippen LogP contribution < -0.4 is 4.74 Å². The fourth-order valence-corrected chi connectivity index (χ4v) is 2.21. The minimum absolute atomic E-state index is 0.0803. The van der Waals surface area contributed by atoms with E-state index in [1.165, 1.54) is 0 Å². The Labute approximate surface area is 143 Å². The molecule has 1 heterocycles. The Kier molecular flexibility index (Phi) is 5.06. The lowest BCUT2D eigenvalue weighted by atomic mass is 10.1. The molecule has 0 saturated carbocycles. The molecule has 7 nitrogen and oxygen atoms in total. The topological polar surface area (TPSA) is 94.7 Å². The van der Waals surface area contributed by atoms with Crippen LogP contribution in [-0.2, 0) is 18.0 Å². The van der Waals surface area contributed by atoms with E-state index in [9.17, 15) is 4.79 Å². The van der Waals surface area contributed by atoms with Crippen molar-refractivity contribution in [2.75, 3.05) is 7.11 Å². The summed E-state index contributed by atoms with van der Waals surface area (Å²) in [5.74, 6) is 0.648. The number of ether oxygens (including phenoxy) is 2. The van der Waals surface area contributed by atoms with E-state index in [-0.39, 0.29) is 19.1 Å². The maximum Gasteiger partial charge on any atom is 0.338 e. The summed E-state index contributed by atoms with van der Waals surface area (Å²) in [6, 6.07) is 13.8. The summed E-state index contributed by atoms with van der Waals surface area (Å²) in [5.41, 5.74) is 1.78. The van der Waals surface area contributed by atoms with Crippen LogP contribution in [-0.4, -0.2) is 28.3 Å². The number of para-hydroxylation sites is 1. The number of hydrogen-bond acceptors (Lipinski definition) is 7. The van der Waals surface area contributed by atoms with Crippen LogP contribution in [0.2, 0.25) is 0 Å². The lowest BCUT2D eigenvalue weighted by molar-refractivity contribution is 0.0429. The number of rotatable bonds is 6. The highest BCUT2D eigenvalue weighted by Crippen LogP contribution is 2.27. The predicted molar refractivity (Wildman–Crippen MR) is 87.8 cm³/mol. The number of esters is 1. The zero-order chi connectivity index (χ0) is 17.6. The van der Waals surface area contributed by atoms with E-state index in [1.54, 1.807) is 37.4 Å². The number of aliphatic hydroxyl groups excluding tert-OH is 1. The normalized spacial score (nSPS) is 10.5. The second-order valence-corrected chi connectivity index (χ2v) is 5.14. The molecular weight excluding hydrogens is 324 g/mol. The molecule has 0 aliphatic heterocycles. The van der Waals surface area contributed by atoms with E-state index in [0.29, 0.717) is 22.7 Å². The van der Waals surface area contributed by atoms with Crippen molar-refractivity contribution in [3.05, 3.63) is 65.5 Å². The Balaban J connectivity index is 1.66. The summed E-state index contributed by atoms with van der Waals surface area (Å²) < 4.78 is 15.5. The Bertz CT molecular complexity index is 858. The van der Waals surface area contributed by atoms with Gasteiger partial charge in [-0.15, -0.1) is 0 Å². The zero-order valence-corrected chi connectivity index (χ0v) is 13.5. The first-order valence-electron chi connectivity index (χ1n) is 7.54. The fraction of sp³-hybridized carbons (Fsp3) is 0.167. The van der Waals surface area contributed by atoms with Crippen molar-refractivity contribution < 1.29 is 23.9 Å². The van der Waals surface area contributed by atoms with E-state index in [1.807, 2.05) is 18.2 Å². The van der Waals surface area contributed by atoms with Crippen molar-refractivity contribution in [2.45, 2.75) is 13.2 Å². The van der Waals surface area contributed by atoms with Crippen LogP contribution in [0.25, 0.3) is 11.4 Å². The molecule has 0 fully saturated rings. The molecular formula is C18H16N2O5. The number of hydrogen-bond donors (Lipinski definition) is 1. The molecule has 25 heavy (non-hydrogen) atoms. The summed E-state index contributed by atoms with van der Waals surface area (Å²) in [5, 5.41) is 12.9. The SMILES string of the molecule is COc1ccccc1-c1noc(COC(=O)c2ccc(CO)cc2)n1. The Morgan fingerprint density at radius 3 is 2.64 bits per heavy atom. The Morgan fingerprint density at radius 1 is 1.16 bits per heavy atom. The van der Waals surface area contributed by atoms with Crippen molar-refractivity contribution in [2.24, 2.45) is 0 Å². The van der Waals surface area contributed by atoms with Gasteiger partial charge in [0.1, 0.15) is 5.75 Å². The van der Waals surface area contributed by atoms with Crippen molar-refractivity contribution in [1.29, 1.82) is 0 Å². The highest BCUT2D eigenvalue weighted by Gasteiger charge is 2.15. The van der Waals surface area contributed by atoms with E-state index in [2.05, 4.69) is 10.1 Å². The standard InChI is InChI=1S/C18H16N2O5/c1-23-15-5-3-2-4-14(15)17-19-16(25-20-17)11-24-18(22)13-8-6-12(10-21)7-9-13/h2-9,21H,10-11H2,1H3. The molecule has 2 aromatic carbocycles. The van der Waals surface area contributed by atoms with Gasteiger partial charge in [0.05, 0.1) is 24.8 Å². The minimum atomic E-state index is -0.512. The van der Waals surface area contributed by atoms with Gasteiger partial charge in [0.2, 0.25) is 5.82 Å². The third-order valence-corrected chi connectivity index (χ3v) is 3.51.